The Hall–Kier alpha value is -1.80. The van der Waals surface area contributed by atoms with E-state index in [1.165, 1.54) is 6.42 Å². The Balaban J connectivity index is 1.81. The molecule has 24 heavy (non-hydrogen) atoms. The molecule has 4 rings (SSSR count). The molecule has 1 aromatic carbocycles. The number of hydrogen-bond donors (Lipinski definition) is 2. The van der Waals surface area contributed by atoms with Gasteiger partial charge in [0.25, 0.3) is 0 Å². The average molecular weight is 361 g/mol. The normalized spacial score (nSPS) is 20.3. The highest BCUT2D eigenvalue weighted by Gasteiger charge is 2.42. The number of anilines is 1. The van der Waals surface area contributed by atoms with Crippen molar-refractivity contribution >= 4 is 50.9 Å². The van der Waals surface area contributed by atoms with E-state index in [9.17, 15) is 0 Å². The lowest BCUT2D eigenvalue weighted by molar-refractivity contribution is 0.305. The summed E-state index contributed by atoms with van der Waals surface area (Å²) in [5.41, 5.74) is 13.8. The van der Waals surface area contributed by atoms with Crippen molar-refractivity contribution in [1.29, 1.82) is 0 Å². The number of rotatable bonds is 2. The van der Waals surface area contributed by atoms with Gasteiger partial charge in [-0.1, -0.05) is 18.2 Å². The highest BCUT2D eigenvalue weighted by molar-refractivity contribution is 8.00. The SMILES string of the molecule is CSc1nc2ccc(N3C(N)=NC(N)=NC34CCCCC4)cc2s1. The Bertz CT molecular complexity index is 834. The summed E-state index contributed by atoms with van der Waals surface area (Å²) in [5.74, 6) is 0.715. The third kappa shape index (κ3) is 2.53. The molecule has 0 unspecified atom stereocenters. The van der Waals surface area contributed by atoms with Crippen LogP contribution in [0.3, 0.4) is 0 Å². The largest absolute Gasteiger partial charge is 0.369 e. The summed E-state index contributed by atoms with van der Waals surface area (Å²) in [6.07, 6.45) is 7.41. The topological polar surface area (TPSA) is 92.9 Å². The average Bonchev–Trinajstić information content (AvgIpc) is 2.97. The molecule has 2 aromatic rings. The first-order valence-electron chi connectivity index (χ1n) is 8.06. The van der Waals surface area contributed by atoms with Gasteiger partial charge < -0.3 is 11.5 Å². The van der Waals surface area contributed by atoms with E-state index in [2.05, 4.69) is 27.0 Å². The first-order valence-corrected chi connectivity index (χ1v) is 10.1. The van der Waals surface area contributed by atoms with E-state index in [4.69, 9.17) is 16.5 Å². The maximum atomic E-state index is 6.28. The summed E-state index contributed by atoms with van der Waals surface area (Å²) >= 11 is 3.36. The number of aliphatic imine (C=N–C) groups is 2. The quantitative estimate of drug-likeness (QED) is 0.803. The number of guanidine groups is 2. The number of nitrogens with zero attached hydrogens (tertiary/aromatic N) is 4. The third-order valence-electron chi connectivity index (χ3n) is 4.64. The van der Waals surface area contributed by atoms with E-state index in [-0.39, 0.29) is 5.96 Å². The Labute approximate surface area is 149 Å². The maximum absolute atomic E-state index is 6.28. The highest BCUT2D eigenvalue weighted by Crippen LogP contribution is 2.41. The lowest BCUT2D eigenvalue weighted by atomic mass is 9.87. The molecule has 0 bridgehead atoms. The van der Waals surface area contributed by atoms with Gasteiger partial charge in [0.05, 0.1) is 10.2 Å². The molecule has 0 atom stereocenters. The Morgan fingerprint density at radius 2 is 2.00 bits per heavy atom. The van der Waals surface area contributed by atoms with Crippen LogP contribution in [-0.2, 0) is 0 Å². The summed E-state index contributed by atoms with van der Waals surface area (Å²) < 4.78 is 2.22. The molecule has 1 spiro atoms. The summed E-state index contributed by atoms with van der Waals surface area (Å²) in [4.78, 5) is 15.6. The summed E-state index contributed by atoms with van der Waals surface area (Å²) in [6.45, 7) is 0. The van der Waals surface area contributed by atoms with Crippen LogP contribution in [0, 0.1) is 0 Å². The first-order chi connectivity index (χ1) is 11.6. The second-order valence-electron chi connectivity index (χ2n) is 6.15. The molecule has 2 heterocycles. The van der Waals surface area contributed by atoms with Crippen LogP contribution in [0.25, 0.3) is 10.2 Å². The van der Waals surface area contributed by atoms with Crippen LogP contribution in [0.15, 0.2) is 32.5 Å². The predicted octanol–water partition coefficient (Wildman–Crippen LogP) is 3.13. The van der Waals surface area contributed by atoms with Gasteiger partial charge in [-0.05, 0) is 50.1 Å². The van der Waals surface area contributed by atoms with Crippen LogP contribution >= 0.6 is 23.1 Å². The smallest absolute Gasteiger partial charge is 0.220 e. The summed E-state index contributed by atoms with van der Waals surface area (Å²) in [5, 5.41) is 0. The number of thiazole rings is 1. The van der Waals surface area contributed by atoms with Gasteiger partial charge in [0.15, 0.2) is 4.34 Å². The van der Waals surface area contributed by atoms with Crippen molar-refractivity contribution in [3.63, 3.8) is 0 Å². The summed E-state index contributed by atoms with van der Waals surface area (Å²) in [7, 11) is 0. The number of benzene rings is 1. The number of fused-ring (bicyclic) bond motifs is 1. The Morgan fingerprint density at radius 3 is 2.75 bits per heavy atom. The fourth-order valence-electron chi connectivity index (χ4n) is 3.61. The molecule has 0 amide bonds. The molecular formula is C16H20N6S2. The molecule has 0 radical (unpaired) electrons. The van der Waals surface area contributed by atoms with Gasteiger partial charge in [0.2, 0.25) is 11.9 Å². The molecule has 8 heteroatoms. The molecule has 0 saturated heterocycles. The molecule has 2 aliphatic rings. The number of nitrogens with two attached hydrogens (primary N) is 2. The Kier molecular flexibility index (Phi) is 3.88. The second-order valence-corrected chi connectivity index (χ2v) is 8.24. The zero-order chi connectivity index (χ0) is 16.7. The van der Waals surface area contributed by atoms with Gasteiger partial charge in [-0.15, -0.1) is 11.3 Å². The van der Waals surface area contributed by atoms with Crippen molar-refractivity contribution in [3.05, 3.63) is 18.2 Å². The molecule has 4 N–H and O–H groups in total. The minimum absolute atomic E-state index is 0.286. The van der Waals surface area contributed by atoms with Gasteiger partial charge in [-0.2, -0.15) is 4.99 Å². The van der Waals surface area contributed by atoms with Crippen LogP contribution in [0.5, 0.6) is 0 Å². The van der Waals surface area contributed by atoms with Crippen molar-refractivity contribution in [1.82, 2.24) is 4.98 Å². The number of thioether (sulfide) groups is 1. The molecule has 6 nitrogen and oxygen atoms in total. The molecule has 1 aromatic heterocycles. The fraction of sp³-hybridized carbons (Fsp3) is 0.438. The van der Waals surface area contributed by atoms with Gasteiger partial charge in [0.1, 0.15) is 5.66 Å². The minimum Gasteiger partial charge on any atom is -0.369 e. The standard InChI is InChI=1S/C16H20N6S2/c1-23-15-19-11-6-5-10(9-12(11)24-15)22-14(18)20-13(17)21-16(22)7-3-2-4-8-16/h5-6,9H,2-4,7-8H2,1H3,(H4,17,18,20,21). The molecule has 1 aliphatic heterocycles. The number of hydrogen-bond acceptors (Lipinski definition) is 8. The van der Waals surface area contributed by atoms with Crippen molar-refractivity contribution in [2.24, 2.45) is 21.5 Å². The van der Waals surface area contributed by atoms with Crippen molar-refractivity contribution < 1.29 is 0 Å². The van der Waals surface area contributed by atoms with E-state index in [0.29, 0.717) is 5.96 Å². The molecule has 126 valence electrons. The molecule has 1 aliphatic carbocycles. The van der Waals surface area contributed by atoms with Crippen LogP contribution in [0.1, 0.15) is 32.1 Å². The van der Waals surface area contributed by atoms with E-state index in [0.717, 1.165) is 45.9 Å². The van der Waals surface area contributed by atoms with E-state index < -0.39 is 5.66 Å². The monoisotopic (exact) mass is 360 g/mol. The van der Waals surface area contributed by atoms with Gasteiger partial charge in [-0.3, -0.25) is 4.90 Å². The lowest BCUT2D eigenvalue weighted by Crippen LogP contribution is -2.58. The highest BCUT2D eigenvalue weighted by atomic mass is 32.2. The third-order valence-corrected chi connectivity index (χ3v) is 6.64. The van der Waals surface area contributed by atoms with E-state index in [1.807, 2.05) is 12.3 Å². The van der Waals surface area contributed by atoms with E-state index in [1.54, 1.807) is 23.1 Å². The van der Waals surface area contributed by atoms with Crippen molar-refractivity contribution in [2.75, 3.05) is 11.2 Å². The van der Waals surface area contributed by atoms with Crippen LogP contribution in [0.4, 0.5) is 5.69 Å². The zero-order valence-corrected chi connectivity index (χ0v) is 15.2. The van der Waals surface area contributed by atoms with Crippen molar-refractivity contribution in [2.45, 2.75) is 42.1 Å². The van der Waals surface area contributed by atoms with Crippen LogP contribution < -0.4 is 16.4 Å². The first kappa shape index (κ1) is 15.7. The Morgan fingerprint density at radius 1 is 1.21 bits per heavy atom. The molecule has 1 fully saturated rings. The predicted molar refractivity (Wildman–Crippen MR) is 103 cm³/mol. The maximum Gasteiger partial charge on any atom is 0.220 e. The van der Waals surface area contributed by atoms with Gasteiger partial charge >= 0.3 is 0 Å². The van der Waals surface area contributed by atoms with Crippen molar-refractivity contribution in [3.8, 4) is 0 Å². The lowest BCUT2D eigenvalue weighted by Gasteiger charge is -2.45. The molecular weight excluding hydrogens is 340 g/mol. The van der Waals surface area contributed by atoms with Crippen LogP contribution in [0.2, 0.25) is 0 Å². The van der Waals surface area contributed by atoms with Crippen LogP contribution in [-0.4, -0.2) is 28.8 Å². The van der Waals surface area contributed by atoms with Gasteiger partial charge in [0, 0.05) is 5.69 Å². The minimum atomic E-state index is -0.394. The van der Waals surface area contributed by atoms with Gasteiger partial charge in [-0.25, -0.2) is 9.98 Å². The molecule has 1 saturated carbocycles. The number of aromatic nitrogens is 1. The second kappa shape index (κ2) is 5.93. The fourth-order valence-corrected chi connectivity index (χ4v) is 5.14. The summed E-state index contributed by atoms with van der Waals surface area (Å²) in [6, 6.07) is 6.25. The zero-order valence-electron chi connectivity index (χ0n) is 13.5. The van der Waals surface area contributed by atoms with E-state index >= 15 is 0 Å².